The number of nitrogens with zero attached hydrogens (tertiary/aromatic N) is 2. The van der Waals surface area contributed by atoms with Crippen LogP contribution in [0.5, 0.6) is 0 Å². The molecule has 7 rings (SSSR count). The Balaban J connectivity index is 1.58. The predicted molar refractivity (Wildman–Crippen MR) is 318 cm³/mol. The monoisotopic (exact) mass is 962 g/mol. The molecular formula is C68H90BN2O. The molecule has 4 aromatic carbocycles. The summed E-state index contributed by atoms with van der Waals surface area (Å²) in [5.74, 6) is 3.95. The average molecular weight is 962 g/mol. The molecule has 1 aliphatic heterocycles. The second-order valence-electron chi connectivity index (χ2n) is 25.2. The third-order valence-electron chi connectivity index (χ3n) is 17.2. The molecule has 5 aromatic rings. The summed E-state index contributed by atoms with van der Waals surface area (Å²) in [5, 5.41) is 3.65. The maximum absolute atomic E-state index is 7.28. The van der Waals surface area contributed by atoms with E-state index in [9.17, 15) is 0 Å². The Labute approximate surface area is 438 Å². The van der Waals surface area contributed by atoms with Crippen molar-refractivity contribution in [3.8, 4) is 11.1 Å². The van der Waals surface area contributed by atoms with Gasteiger partial charge in [-0.15, -0.1) is 6.58 Å². The predicted octanol–water partition coefficient (Wildman–Crippen LogP) is 18.7. The van der Waals surface area contributed by atoms with Crippen molar-refractivity contribution in [2.24, 2.45) is 35.0 Å². The van der Waals surface area contributed by atoms with Gasteiger partial charge in [0.15, 0.2) is 0 Å². The van der Waals surface area contributed by atoms with Gasteiger partial charge in [0.25, 0.3) is 0 Å². The number of benzene rings is 4. The normalized spacial score (nSPS) is 18.9. The van der Waals surface area contributed by atoms with Crippen molar-refractivity contribution in [1.82, 2.24) is 0 Å². The Morgan fingerprint density at radius 2 is 1.51 bits per heavy atom. The van der Waals surface area contributed by atoms with Crippen LogP contribution in [0.4, 0.5) is 11.4 Å². The minimum atomic E-state index is -0.0431. The molecule has 0 bridgehead atoms. The smallest absolute Gasteiger partial charge is 0.236 e. The number of furan rings is 1. The maximum atomic E-state index is 7.28. The van der Waals surface area contributed by atoms with Crippen LogP contribution in [0, 0.1) is 35.0 Å². The summed E-state index contributed by atoms with van der Waals surface area (Å²) in [6, 6.07) is 25.6. The quantitative estimate of drug-likeness (QED) is 0.0592. The minimum Gasteiger partial charge on any atom is -0.469 e. The summed E-state index contributed by atoms with van der Waals surface area (Å²) in [6.45, 7) is 49.9. The third kappa shape index (κ3) is 11.0. The van der Waals surface area contributed by atoms with Crippen LogP contribution in [-0.2, 0) is 22.7 Å². The first-order chi connectivity index (χ1) is 33.9. The molecule has 0 N–H and O–H groups in total. The Hall–Kier alpha value is -5.22. The highest BCUT2D eigenvalue weighted by atomic mass is 16.3. The van der Waals surface area contributed by atoms with Crippen molar-refractivity contribution in [3.05, 3.63) is 162 Å². The van der Waals surface area contributed by atoms with Gasteiger partial charge in [0.1, 0.15) is 5.58 Å². The summed E-state index contributed by atoms with van der Waals surface area (Å²) in [7, 11) is 2.27. The Morgan fingerprint density at radius 1 is 0.847 bits per heavy atom. The molecule has 1 aromatic heterocycles. The van der Waals surface area contributed by atoms with Gasteiger partial charge in [-0.05, 0) is 176 Å². The number of aryl methyl sites for hydroxylation is 1. The van der Waals surface area contributed by atoms with E-state index < -0.39 is 0 Å². The van der Waals surface area contributed by atoms with Crippen LogP contribution < -0.4 is 15.5 Å². The summed E-state index contributed by atoms with van der Waals surface area (Å²) < 4.78 is 7.28. The van der Waals surface area contributed by atoms with E-state index in [-0.39, 0.29) is 33.5 Å². The highest BCUT2D eigenvalue weighted by Crippen LogP contribution is 2.49. The molecule has 2 aliphatic rings. The Bertz CT molecular complexity index is 2920. The fourth-order valence-electron chi connectivity index (χ4n) is 11.6. The van der Waals surface area contributed by atoms with Crippen LogP contribution in [0.25, 0.3) is 32.9 Å². The fraction of sp³-hybridized carbons (Fsp3) is 0.471. The van der Waals surface area contributed by atoms with Crippen LogP contribution in [0.3, 0.4) is 0 Å². The van der Waals surface area contributed by atoms with Crippen LogP contribution in [0.2, 0.25) is 0 Å². The van der Waals surface area contributed by atoms with Gasteiger partial charge in [0, 0.05) is 35.6 Å². The molecule has 3 nitrogen and oxygen atoms in total. The molecule has 72 heavy (non-hydrogen) atoms. The number of anilines is 2. The highest BCUT2D eigenvalue weighted by molar-refractivity contribution is 6.60. The largest absolute Gasteiger partial charge is 0.469 e. The highest BCUT2D eigenvalue weighted by Gasteiger charge is 2.39. The van der Waals surface area contributed by atoms with E-state index in [1.165, 1.54) is 55.3 Å². The second kappa shape index (κ2) is 21.3. The van der Waals surface area contributed by atoms with Gasteiger partial charge in [-0.2, -0.15) is 0 Å². The lowest BCUT2D eigenvalue weighted by Gasteiger charge is -2.41. The van der Waals surface area contributed by atoms with Gasteiger partial charge in [0.2, 0.25) is 7.28 Å². The van der Waals surface area contributed by atoms with Crippen LogP contribution in [0.15, 0.2) is 144 Å². The topological polar surface area (TPSA) is 19.6 Å². The first-order valence-electron chi connectivity index (χ1n) is 27.6. The Kier molecular flexibility index (Phi) is 16.2. The number of allylic oxidation sites excluding steroid dienone is 5. The molecule has 1 aliphatic carbocycles. The van der Waals surface area contributed by atoms with Crippen molar-refractivity contribution < 1.29 is 4.42 Å². The van der Waals surface area contributed by atoms with E-state index >= 15 is 0 Å². The van der Waals surface area contributed by atoms with Crippen molar-refractivity contribution in [2.45, 2.75) is 166 Å². The lowest BCUT2D eigenvalue weighted by atomic mass is 9.63. The lowest BCUT2D eigenvalue weighted by Crippen LogP contribution is -2.33. The van der Waals surface area contributed by atoms with E-state index in [0.717, 1.165) is 65.8 Å². The summed E-state index contributed by atoms with van der Waals surface area (Å²) >= 11 is 0. The molecule has 0 fully saturated rings. The number of hydrogen-bond donors (Lipinski definition) is 0. The number of fused-ring (bicyclic) bond motifs is 5. The van der Waals surface area contributed by atoms with Crippen molar-refractivity contribution in [2.75, 3.05) is 16.3 Å². The van der Waals surface area contributed by atoms with Gasteiger partial charge in [-0.3, -0.25) is 0 Å². The second-order valence-corrected chi connectivity index (χ2v) is 25.2. The zero-order chi connectivity index (χ0) is 52.7. The van der Waals surface area contributed by atoms with E-state index in [4.69, 9.17) is 11.0 Å². The molecule has 2 heterocycles. The van der Waals surface area contributed by atoms with E-state index in [0.29, 0.717) is 24.3 Å². The molecule has 4 heteroatoms. The molecule has 3 unspecified atom stereocenters. The first kappa shape index (κ1) is 54.6. The van der Waals surface area contributed by atoms with Gasteiger partial charge >= 0.3 is 0 Å². The molecule has 0 saturated heterocycles. The van der Waals surface area contributed by atoms with E-state index in [1.807, 2.05) is 0 Å². The van der Waals surface area contributed by atoms with Gasteiger partial charge in [-0.25, -0.2) is 0 Å². The molecule has 0 spiro atoms. The van der Waals surface area contributed by atoms with Crippen LogP contribution in [-0.4, -0.2) is 13.8 Å². The Morgan fingerprint density at radius 3 is 2.11 bits per heavy atom. The number of rotatable bonds is 15. The first-order valence-corrected chi connectivity index (χ1v) is 27.6. The third-order valence-corrected chi connectivity index (χ3v) is 17.2. The summed E-state index contributed by atoms with van der Waals surface area (Å²) in [5.41, 5.74) is 15.7. The standard InChI is InChI=1S/C68H90BN2O/c1-20-46(9)47(10)54(45(7)8)39-52-43-69-64-63(56-40-59-60(42-62(56)72-64)68(18,19)33-32-67(59,16)17)70(36-31-57(65(11,12)13)53(22-3)44(5)6)34-26-35-71(52)61-41-58(66(14,15)23-4)48(21-2)38-55(61)51-30-29-49-27-24-25-28-50(49)37-51/h22,24-31,35-46,53,57H,3,10,20-21,23,32-34H2,1-2,4-9,11-19H3/b35-26+,36-31+,52-43-,54-39-. The SMILES string of the molecule is C=CC(C(C)C)C(/C=C/N1C/C=C/N(c2cc(C(C)(C)CC)c(CC)cc2-c2ccc3ccccc3c2)C(/C=C(\C(=C)C(C)CC)C(C)C)=C\[B]c2oc3cc4c(cc3c21)C(C)(C)CCC4(C)C)C(C)(C)C. The zero-order valence-electron chi connectivity index (χ0n) is 47.8. The van der Waals surface area contributed by atoms with Crippen molar-refractivity contribution in [1.29, 1.82) is 0 Å². The van der Waals surface area contributed by atoms with Crippen LogP contribution in [0.1, 0.15) is 166 Å². The molecule has 0 saturated carbocycles. The van der Waals surface area contributed by atoms with Crippen LogP contribution >= 0.6 is 0 Å². The fourth-order valence-corrected chi connectivity index (χ4v) is 11.6. The van der Waals surface area contributed by atoms with Gasteiger partial charge in [-0.1, -0.05) is 179 Å². The van der Waals surface area contributed by atoms with E-state index in [2.05, 4.69) is 251 Å². The summed E-state index contributed by atoms with van der Waals surface area (Å²) in [6.07, 6.45) is 19.5. The molecule has 381 valence electrons. The molecule has 1 radical (unpaired) electrons. The molecule has 0 amide bonds. The molecular weight excluding hydrogens is 872 g/mol. The summed E-state index contributed by atoms with van der Waals surface area (Å²) in [4.78, 5) is 4.94. The lowest BCUT2D eigenvalue weighted by molar-refractivity contribution is 0.200. The average Bonchev–Trinajstić information content (AvgIpc) is 3.70. The van der Waals surface area contributed by atoms with E-state index in [1.54, 1.807) is 0 Å². The maximum Gasteiger partial charge on any atom is 0.236 e. The van der Waals surface area contributed by atoms with Crippen molar-refractivity contribution in [3.63, 3.8) is 0 Å². The molecule has 3 atom stereocenters. The zero-order valence-corrected chi connectivity index (χ0v) is 47.8. The minimum absolute atomic E-state index is 0.0106. The number of hydrogen-bond acceptors (Lipinski definition) is 3. The van der Waals surface area contributed by atoms with Gasteiger partial charge < -0.3 is 14.2 Å². The van der Waals surface area contributed by atoms with Crippen molar-refractivity contribution >= 4 is 46.1 Å². The van der Waals surface area contributed by atoms with Gasteiger partial charge in [0.05, 0.1) is 17.0 Å².